The number of unbranched alkanes of at least 4 members (excludes halogenated alkanes) is 2. The predicted octanol–water partition coefficient (Wildman–Crippen LogP) is 21.1. The van der Waals surface area contributed by atoms with E-state index in [2.05, 4.69) is 99.1 Å². The third-order valence-corrected chi connectivity index (χ3v) is 26.0. The zero-order valence-electron chi connectivity index (χ0n) is 67.9. The first-order valence-electron chi connectivity index (χ1n) is 41.3. The molecule has 38 heteroatoms. The molecular formula is C85H90F12N18O4S4. The molecule has 0 amide bonds. The van der Waals surface area contributed by atoms with Crippen LogP contribution < -0.4 is 26.6 Å². The van der Waals surface area contributed by atoms with Gasteiger partial charge in [0.2, 0.25) is 20.5 Å². The number of ether oxygens (including phenoxy) is 4. The van der Waals surface area contributed by atoms with E-state index >= 15 is 0 Å². The average molecular weight is 1780 g/mol. The molecule has 4 aliphatic carbocycles. The van der Waals surface area contributed by atoms with Crippen molar-refractivity contribution in [2.45, 2.75) is 179 Å². The second-order valence-corrected chi connectivity index (χ2v) is 35.8. The number of aryl methyl sites for hydroxylation is 4. The molecule has 1 unspecified atom stereocenters. The molecule has 0 spiro atoms. The van der Waals surface area contributed by atoms with E-state index < -0.39 is 47.0 Å². The number of halogens is 12. The second kappa shape index (κ2) is 37.2. The van der Waals surface area contributed by atoms with Crippen molar-refractivity contribution in [1.29, 1.82) is 0 Å². The number of rotatable bonds is 24. The van der Waals surface area contributed by atoms with Gasteiger partial charge in [-0.2, -0.15) is 52.7 Å². The highest BCUT2D eigenvalue weighted by Crippen LogP contribution is 2.51. The van der Waals surface area contributed by atoms with Crippen LogP contribution in [0.4, 0.5) is 73.2 Å². The number of anilines is 4. The average Bonchev–Trinajstić information content (AvgIpc) is 1.71. The normalized spacial score (nSPS) is 17.4. The first-order chi connectivity index (χ1) is 59.0. The molecule has 7 aliphatic rings. The maximum atomic E-state index is 13.9. The van der Waals surface area contributed by atoms with Gasteiger partial charge in [0, 0.05) is 66.9 Å². The summed E-state index contributed by atoms with van der Waals surface area (Å²) in [5.74, 6) is 0.921. The summed E-state index contributed by atoms with van der Waals surface area (Å²) in [5, 5.41) is 55.8. The number of alkyl halides is 12. The van der Waals surface area contributed by atoms with Gasteiger partial charge >= 0.3 is 24.7 Å². The quantitative estimate of drug-likeness (QED) is 0.0278. The second-order valence-electron chi connectivity index (χ2n) is 31.9. The summed E-state index contributed by atoms with van der Waals surface area (Å²) in [6, 6.07) is 20.0. The number of hydrogen-bond acceptors (Lipinski definition) is 26. The number of fused-ring (bicyclic) bond motifs is 4. The van der Waals surface area contributed by atoms with Crippen molar-refractivity contribution < 1.29 is 71.6 Å². The van der Waals surface area contributed by atoms with E-state index in [4.69, 9.17) is 18.9 Å². The van der Waals surface area contributed by atoms with Crippen molar-refractivity contribution >= 4 is 109 Å². The third-order valence-electron chi connectivity index (χ3n) is 22.3. The zero-order valence-corrected chi connectivity index (χ0v) is 71.2. The number of aromatic nitrogens is 12. The van der Waals surface area contributed by atoms with Gasteiger partial charge in [0.05, 0.1) is 84.0 Å². The lowest BCUT2D eigenvalue weighted by molar-refractivity contribution is -0.137. The summed E-state index contributed by atoms with van der Waals surface area (Å²) in [4.78, 5) is 19.9. The Bertz CT molecular complexity index is 5750. The van der Waals surface area contributed by atoms with Gasteiger partial charge in [-0.25, -0.2) is 19.9 Å². The van der Waals surface area contributed by atoms with E-state index in [0.29, 0.717) is 125 Å². The summed E-state index contributed by atoms with van der Waals surface area (Å²) < 4.78 is 187. The summed E-state index contributed by atoms with van der Waals surface area (Å²) in [7, 11) is 0. The molecule has 4 saturated carbocycles. The fourth-order valence-electron chi connectivity index (χ4n) is 15.1. The molecule has 652 valence electrons. The standard InChI is InChI=1S/C23H26F3N5OS.C21H22F3N5OS.C21H23F3N4S.C20H19F3N4O2S/c1-14-11-19(21-29-30-22(33-21)27-5-2-6-31-7-9-32-10-8-31)28-20-17(14)12-16(15-3-4-15)13-18(20)23(24,25)26;1-11-6-17(19-28-29-20(31-19)25-9-14-4-5-30-10-26-14)27-18-15(11)7-13(12-2-3-12)8-16(18)21(22,23)24;1-3-4-5-8-25-20-28-27-19(29-20)17-9-12(2)15-10-14(13-6-7-13)11-16(18(15)26-17)21(22,23)24;1-10-6-15(18-26-27-19(30-18)24-9-16-28-4-5-29-16)25-17-13(10)7-12(11-2-3-11)8-14(17)20(21,22)23/h11-13,15H,2-10H2,1H3,(H,27,30);6-8,12,14,26H,2-5,9-10H2,1H3,(H,25,29);9-11,13H,3-8H2,1-2H3,(H,25,28);6-8,11,16H,2-5,9H2,1H3,(H,24,27). The Morgan fingerprint density at radius 1 is 0.382 bits per heavy atom. The largest absolute Gasteiger partial charge is 0.418 e. The van der Waals surface area contributed by atoms with Gasteiger partial charge in [-0.1, -0.05) is 65.1 Å². The van der Waals surface area contributed by atoms with Crippen LogP contribution in [-0.4, -0.2) is 164 Å². The van der Waals surface area contributed by atoms with E-state index in [1.165, 1.54) is 69.6 Å². The van der Waals surface area contributed by atoms with Gasteiger partial charge in [0.25, 0.3) is 0 Å². The number of pyridine rings is 4. The van der Waals surface area contributed by atoms with E-state index in [9.17, 15) is 52.7 Å². The van der Waals surface area contributed by atoms with E-state index in [1.54, 1.807) is 25.1 Å². The number of nitrogens with zero attached hydrogens (tertiary/aromatic N) is 13. The lowest BCUT2D eigenvalue weighted by Crippen LogP contribution is -2.41. The topological polar surface area (TPSA) is 255 Å². The maximum absolute atomic E-state index is 13.9. The molecule has 4 aromatic carbocycles. The minimum Gasteiger partial charge on any atom is -0.379 e. The first-order valence-corrected chi connectivity index (χ1v) is 44.5. The summed E-state index contributed by atoms with van der Waals surface area (Å²) in [6.45, 7) is 18.9. The Labute approximate surface area is 716 Å². The predicted molar refractivity (Wildman–Crippen MR) is 453 cm³/mol. The van der Waals surface area contributed by atoms with Crippen LogP contribution in [0.2, 0.25) is 0 Å². The molecule has 22 nitrogen and oxygen atoms in total. The lowest BCUT2D eigenvalue weighted by atomic mass is 9.98. The third kappa shape index (κ3) is 21.7. The van der Waals surface area contributed by atoms with Crippen LogP contribution in [0.5, 0.6) is 0 Å². The number of benzene rings is 4. The Kier molecular flexibility index (Phi) is 26.4. The van der Waals surface area contributed by atoms with Crippen LogP contribution in [0.15, 0.2) is 72.8 Å². The number of nitrogens with one attached hydrogen (secondary N) is 5. The fourth-order valence-corrected chi connectivity index (χ4v) is 18.0. The van der Waals surface area contributed by atoms with Crippen molar-refractivity contribution in [3.63, 3.8) is 0 Å². The summed E-state index contributed by atoms with van der Waals surface area (Å²) in [6.07, 6.45) is -5.49. The molecule has 0 bridgehead atoms. The van der Waals surface area contributed by atoms with Crippen molar-refractivity contribution in [1.82, 2.24) is 70.9 Å². The minimum atomic E-state index is -4.48. The van der Waals surface area contributed by atoms with Crippen LogP contribution in [0.25, 0.3) is 86.4 Å². The number of morpholine rings is 1. The smallest absolute Gasteiger partial charge is 0.379 e. The zero-order chi connectivity index (χ0) is 86.1. The van der Waals surface area contributed by atoms with Crippen molar-refractivity contribution in [2.75, 3.05) is 107 Å². The fraction of sp³-hybridized carbons (Fsp3) is 0.482. The molecule has 11 heterocycles. The number of hydrogen-bond donors (Lipinski definition) is 5. The molecule has 123 heavy (non-hydrogen) atoms. The summed E-state index contributed by atoms with van der Waals surface area (Å²) in [5.41, 5.74) is 4.88. The molecule has 3 aliphatic heterocycles. The van der Waals surface area contributed by atoms with Crippen LogP contribution in [0.3, 0.4) is 0 Å². The Morgan fingerprint density at radius 2 is 0.715 bits per heavy atom. The Hall–Kier alpha value is -9.12. The molecule has 8 aromatic heterocycles. The van der Waals surface area contributed by atoms with Gasteiger partial charge in [0.1, 0.15) is 22.8 Å². The van der Waals surface area contributed by atoms with Crippen molar-refractivity contribution in [3.05, 3.63) is 140 Å². The summed E-state index contributed by atoms with van der Waals surface area (Å²) >= 11 is 5.14. The molecule has 5 N–H and O–H groups in total. The van der Waals surface area contributed by atoms with E-state index in [-0.39, 0.29) is 58.1 Å². The van der Waals surface area contributed by atoms with Crippen LogP contribution in [0, 0.1) is 27.7 Å². The van der Waals surface area contributed by atoms with E-state index in [1.807, 2.05) is 51.1 Å². The SMILES string of the molecule is CCCCCNc1nnc(-c2cc(C)c3cc(C4CC4)cc(C(F)(F)F)c3n2)s1.Cc1cc(-c2nnc(NCC3CCOCN3)s2)nc2c(C(F)(F)F)cc(C3CC3)cc12.Cc1cc(-c2nnc(NCC3OCCO3)s2)nc2c(C(F)(F)F)cc(C3CC3)cc12.Cc1cc(-c2nnc(NCCCN3CCOCC3)s2)nc2c(C(F)(F)F)cc(C3CC3)cc12. The molecular weight excluding hydrogens is 1690 g/mol. The molecule has 0 radical (unpaired) electrons. The van der Waals surface area contributed by atoms with Crippen LogP contribution in [-0.2, 0) is 43.7 Å². The molecule has 1 atom stereocenters. The van der Waals surface area contributed by atoms with Crippen molar-refractivity contribution in [2.24, 2.45) is 0 Å². The van der Waals surface area contributed by atoms with Crippen LogP contribution >= 0.6 is 45.3 Å². The monoisotopic (exact) mass is 1780 g/mol. The molecule has 19 rings (SSSR count). The highest BCUT2D eigenvalue weighted by molar-refractivity contribution is 7.19. The Morgan fingerprint density at radius 3 is 1.03 bits per heavy atom. The minimum absolute atomic E-state index is 0.00967. The molecule has 7 fully saturated rings. The highest BCUT2D eigenvalue weighted by Gasteiger charge is 2.41. The van der Waals surface area contributed by atoms with Gasteiger partial charge in [-0.05, 0) is 246 Å². The van der Waals surface area contributed by atoms with E-state index in [0.717, 1.165) is 174 Å². The van der Waals surface area contributed by atoms with Crippen molar-refractivity contribution in [3.8, 4) is 42.8 Å². The Balaban J connectivity index is 0.000000122. The lowest BCUT2D eigenvalue weighted by Gasteiger charge is -2.26. The molecule has 3 saturated heterocycles. The first kappa shape index (κ1) is 87.4. The van der Waals surface area contributed by atoms with Gasteiger partial charge in [0.15, 0.2) is 26.3 Å². The van der Waals surface area contributed by atoms with Gasteiger partial charge < -0.3 is 40.2 Å². The van der Waals surface area contributed by atoms with Gasteiger partial charge in [-0.3, -0.25) is 10.2 Å². The maximum Gasteiger partial charge on any atom is 0.418 e. The van der Waals surface area contributed by atoms with Gasteiger partial charge in [-0.15, -0.1) is 40.8 Å². The molecule has 12 aromatic rings. The highest BCUT2D eigenvalue weighted by atomic mass is 32.1. The van der Waals surface area contributed by atoms with Crippen LogP contribution in [0.1, 0.15) is 181 Å².